The van der Waals surface area contributed by atoms with Crippen LogP contribution in [0.4, 0.5) is 4.39 Å². The number of carbonyl (C=O) groups is 1. The van der Waals surface area contributed by atoms with Gasteiger partial charge in [-0.25, -0.2) is 4.39 Å². The predicted molar refractivity (Wildman–Crippen MR) is 125 cm³/mol. The molecule has 1 aliphatic rings. The Bertz CT molecular complexity index is 1060. The molecule has 1 fully saturated rings. The summed E-state index contributed by atoms with van der Waals surface area (Å²) in [5, 5.41) is 0. The van der Waals surface area contributed by atoms with Crippen LogP contribution in [0.15, 0.2) is 65.1 Å². The molecule has 0 unspecified atom stereocenters. The molecule has 1 aromatic heterocycles. The van der Waals surface area contributed by atoms with Crippen LogP contribution in [0.3, 0.4) is 0 Å². The Morgan fingerprint density at radius 2 is 1.76 bits per heavy atom. The third-order valence-corrected chi connectivity index (χ3v) is 6.18. The highest BCUT2D eigenvalue weighted by molar-refractivity contribution is 5.91. The number of piperidine rings is 1. The number of hydrogen-bond donors (Lipinski definition) is 0. The van der Waals surface area contributed by atoms with Crippen molar-refractivity contribution in [1.29, 1.82) is 0 Å². The molecular formula is C27H31FN2O3. The van der Waals surface area contributed by atoms with Gasteiger partial charge in [0.05, 0.1) is 13.7 Å². The van der Waals surface area contributed by atoms with Crippen LogP contribution in [0.25, 0.3) is 0 Å². The molecule has 3 aromatic rings. The van der Waals surface area contributed by atoms with Gasteiger partial charge in [0.25, 0.3) is 5.91 Å². The molecule has 1 aliphatic heterocycles. The highest BCUT2D eigenvalue weighted by atomic mass is 19.1. The Morgan fingerprint density at radius 1 is 1.03 bits per heavy atom. The maximum absolute atomic E-state index is 13.8. The number of benzene rings is 2. The molecule has 0 atom stereocenters. The number of hydrogen-bond acceptors (Lipinski definition) is 4. The molecule has 1 saturated heterocycles. The fourth-order valence-corrected chi connectivity index (χ4v) is 4.22. The molecule has 0 aliphatic carbocycles. The first-order valence-electron chi connectivity index (χ1n) is 11.5. The molecule has 0 saturated carbocycles. The van der Waals surface area contributed by atoms with E-state index in [2.05, 4.69) is 11.8 Å². The number of methoxy groups -OCH3 is 1. The molecule has 1 amide bonds. The molecule has 6 heteroatoms. The van der Waals surface area contributed by atoms with Gasteiger partial charge < -0.3 is 14.1 Å². The third-order valence-electron chi connectivity index (χ3n) is 6.18. The average molecular weight is 451 g/mol. The minimum atomic E-state index is -0.251. The van der Waals surface area contributed by atoms with Crippen molar-refractivity contribution >= 4 is 5.91 Å². The second-order valence-corrected chi connectivity index (χ2v) is 8.86. The van der Waals surface area contributed by atoms with Crippen molar-refractivity contribution in [3.8, 4) is 5.75 Å². The van der Waals surface area contributed by atoms with Crippen molar-refractivity contribution in [1.82, 2.24) is 9.80 Å². The van der Waals surface area contributed by atoms with E-state index in [1.54, 1.807) is 25.3 Å². The summed E-state index contributed by atoms with van der Waals surface area (Å²) >= 11 is 0. The van der Waals surface area contributed by atoms with Gasteiger partial charge in [0, 0.05) is 26.2 Å². The fourth-order valence-electron chi connectivity index (χ4n) is 4.22. The van der Waals surface area contributed by atoms with E-state index in [0.717, 1.165) is 42.8 Å². The highest BCUT2D eigenvalue weighted by Gasteiger charge is 2.24. The zero-order chi connectivity index (χ0) is 23.2. The topological polar surface area (TPSA) is 45.9 Å². The van der Waals surface area contributed by atoms with E-state index >= 15 is 0 Å². The van der Waals surface area contributed by atoms with Gasteiger partial charge in [0.1, 0.15) is 17.3 Å². The molecule has 5 nitrogen and oxygen atoms in total. The average Bonchev–Trinajstić information content (AvgIpc) is 3.28. The van der Waals surface area contributed by atoms with Gasteiger partial charge in [-0.3, -0.25) is 9.69 Å². The van der Waals surface area contributed by atoms with Gasteiger partial charge in [-0.15, -0.1) is 0 Å². The van der Waals surface area contributed by atoms with Gasteiger partial charge in [-0.1, -0.05) is 31.2 Å². The number of furan rings is 1. The van der Waals surface area contributed by atoms with Gasteiger partial charge in [-0.05, 0) is 66.3 Å². The summed E-state index contributed by atoms with van der Waals surface area (Å²) in [6, 6.07) is 18.2. The van der Waals surface area contributed by atoms with E-state index in [1.807, 2.05) is 41.3 Å². The van der Waals surface area contributed by atoms with Crippen LogP contribution < -0.4 is 4.74 Å². The summed E-state index contributed by atoms with van der Waals surface area (Å²) in [7, 11) is 1.64. The monoisotopic (exact) mass is 450 g/mol. The van der Waals surface area contributed by atoms with Gasteiger partial charge in [0.15, 0.2) is 5.76 Å². The standard InChI is InChI=1S/C27H31FN2O3/c1-20-12-14-30(15-13-20)27(31)26-11-10-25(33-26)19-29(18-22-4-3-5-23(28)16-22)17-21-6-8-24(32-2)9-7-21/h3-11,16,20H,12-15,17-19H2,1-2H3. The van der Waals surface area contributed by atoms with Gasteiger partial charge >= 0.3 is 0 Å². The number of amides is 1. The van der Waals surface area contributed by atoms with E-state index in [9.17, 15) is 9.18 Å². The largest absolute Gasteiger partial charge is 0.497 e. The number of likely N-dealkylation sites (tertiary alicyclic amines) is 1. The first-order valence-corrected chi connectivity index (χ1v) is 11.5. The number of rotatable bonds is 8. The molecule has 2 heterocycles. The molecular weight excluding hydrogens is 419 g/mol. The molecule has 174 valence electrons. The molecule has 4 rings (SSSR count). The van der Waals surface area contributed by atoms with Crippen molar-refractivity contribution < 1.29 is 18.3 Å². The highest BCUT2D eigenvalue weighted by Crippen LogP contribution is 2.21. The van der Waals surface area contributed by atoms with E-state index in [1.165, 1.54) is 6.07 Å². The SMILES string of the molecule is COc1ccc(CN(Cc2cccc(F)c2)Cc2ccc(C(=O)N3CCC(C)CC3)o2)cc1. The molecule has 0 radical (unpaired) electrons. The van der Waals surface area contributed by atoms with Crippen LogP contribution in [-0.2, 0) is 19.6 Å². The molecule has 0 N–H and O–H groups in total. The van der Waals surface area contributed by atoms with Crippen molar-refractivity contribution in [2.45, 2.75) is 39.4 Å². The quantitative estimate of drug-likeness (QED) is 0.455. The first kappa shape index (κ1) is 23.1. The Balaban J connectivity index is 1.47. The lowest BCUT2D eigenvalue weighted by Crippen LogP contribution is -2.37. The van der Waals surface area contributed by atoms with Crippen LogP contribution in [0.2, 0.25) is 0 Å². The maximum Gasteiger partial charge on any atom is 0.289 e. The Kier molecular flexibility index (Phi) is 7.45. The number of nitrogens with zero attached hydrogens (tertiary/aromatic N) is 2. The normalized spacial score (nSPS) is 14.6. The van der Waals surface area contributed by atoms with Crippen molar-refractivity contribution in [3.63, 3.8) is 0 Å². The summed E-state index contributed by atoms with van der Waals surface area (Å²) in [5.41, 5.74) is 1.99. The third kappa shape index (κ3) is 6.23. The maximum atomic E-state index is 13.8. The van der Waals surface area contributed by atoms with Crippen molar-refractivity contribution in [2.24, 2.45) is 5.92 Å². The number of ether oxygens (including phenoxy) is 1. The zero-order valence-corrected chi connectivity index (χ0v) is 19.3. The minimum Gasteiger partial charge on any atom is -0.497 e. The summed E-state index contributed by atoms with van der Waals surface area (Å²) in [6.07, 6.45) is 2.06. The van der Waals surface area contributed by atoms with Crippen molar-refractivity contribution in [3.05, 3.63) is 89.1 Å². The second-order valence-electron chi connectivity index (χ2n) is 8.86. The van der Waals surface area contributed by atoms with Crippen LogP contribution in [-0.4, -0.2) is 35.9 Å². The summed E-state index contributed by atoms with van der Waals surface area (Å²) < 4.78 is 25.0. The first-order chi connectivity index (χ1) is 16.0. The summed E-state index contributed by atoms with van der Waals surface area (Å²) in [4.78, 5) is 16.9. The fraction of sp³-hybridized carbons (Fsp3) is 0.370. The minimum absolute atomic E-state index is 0.0417. The lowest BCUT2D eigenvalue weighted by molar-refractivity contribution is 0.0660. The van der Waals surface area contributed by atoms with Crippen LogP contribution in [0.5, 0.6) is 5.75 Å². The Morgan fingerprint density at radius 3 is 2.45 bits per heavy atom. The lowest BCUT2D eigenvalue weighted by Gasteiger charge is -2.29. The Labute approximate surface area is 194 Å². The molecule has 2 aromatic carbocycles. The number of halogens is 1. The summed E-state index contributed by atoms with van der Waals surface area (Å²) in [5.74, 6) is 2.27. The van der Waals surface area contributed by atoms with E-state index in [4.69, 9.17) is 9.15 Å². The number of carbonyl (C=O) groups excluding carboxylic acids is 1. The molecule has 0 bridgehead atoms. The van der Waals surface area contributed by atoms with Crippen molar-refractivity contribution in [2.75, 3.05) is 20.2 Å². The molecule has 0 spiro atoms. The van der Waals surface area contributed by atoms with Crippen LogP contribution in [0.1, 0.15) is 47.2 Å². The van der Waals surface area contributed by atoms with E-state index in [-0.39, 0.29) is 11.7 Å². The zero-order valence-electron chi connectivity index (χ0n) is 19.3. The predicted octanol–water partition coefficient (Wildman–Crippen LogP) is 5.50. The van der Waals surface area contributed by atoms with Crippen LogP contribution >= 0.6 is 0 Å². The van der Waals surface area contributed by atoms with E-state index in [0.29, 0.717) is 37.1 Å². The lowest BCUT2D eigenvalue weighted by atomic mass is 9.99. The van der Waals surface area contributed by atoms with Gasteiger partial charge in [-0.2, -0.15) is 0 Å². The Hall–Kier alpha value is -3.12. The van der Waals surface area contributed by atoms with E-state index < -0.39 is 0 Å². The second kappa shape index (κ2) is 10.7. The van der Waals surface area contributed by atoms with Crippen LogP contribution in [0, 0.1) is 11.7 Å². The summed E-state index contributed by atoms with van der Waals surface area (Å²) in [6.45, 7) is 5.49. The van der Waals surface area contributed by atoms with Gasteiger partial charge in [0.2, 0.25) is 0 Å². The smallest absolute Gasteiger partial charge is 0.289 e. The molecule has 33 heavy (non-hydrogen) atoms.